The van der Waals surface area contributed by atoms with Gasteiger partial charge in [-0.25, -0.2) is 14.4 Å². The Morgan fingerprint density at radius 3 is 2.71 bits per heavy atom. The predicted octanol–water partition coefficient (Wildman–Crippen LogP) is 3.35. The summed E-state index contributed by atoms with van der Waals surface area (Å²) in [7, 11) is 0. The fourth-order valence-corrected chi connectivity index (χ4v) is 1.83. The SMILES string of the molecule is CCNc1ncnc(Nc2ccc(F)c(Cl)c2)c1[N+](=O)[O-]. The molecule has 1 heterocycles. The smallest absolute Gasteiger partial charge is 0.353 e. The van der Waals surface area contributed by atoms with Gasteiger partial charge >= 0.3 is 5.69 Å². The number of anilines is 3. The lowest BCUT2D eigenvalue weighted by molar-refractivity contribution is -0.383. The third kappa shape index (κ3) is 3.34. The first-order valence-corrected chi connectivity index (χ1v) is 6.36. The number of nitro groups is 1. The van der Waals surface area contributed by atoms with Gasteiger partial charge in [0.1, 0.15) is 12.1 Å². The first-order chi connectivity index (χ1) is 10.0. The van der Waals surface area contributed by atoms with Crippen molar-refractivity contribution in [2.75, 3.05) is 17.2 Å². The van der Waals surface area contributed by atoms with Crippen LogP contribution in [0.2, 0.25) is 5.02 Å². The molecule has 0 radical (unpaired) electrons. The Labute approximate surface area is 124 Å². The molecule has 0 unspecified atom stereocenters. The predicted molar refractivity (Wildman–Crippen MR) is 77.5 cm³/mol. The summed E-state index contributed by atoms with van der Waals surface area (Å²) in [5.41, 5.74) is 0.0884. The van der Waals surface area contributed by atoms with Crippen molar-refractivity contribution in [1.29, 1.82) is 0 Å². The first-order valence-electron chi connectivity index (χ1n) is 5.98. The van der Waals surface area contributed by atoms with Crippen LogP contribution in [0.3, 0.4) is 0 Å². The maximum absolute atomic E-state index is 13.1. The number of aromatic nitrogens is 2. The van der Waals surface area contributed by atoms with Crippen LogP contribution < -0.4 is 10.6 Å². The van der Waals surface area contributed by atoms with E-state index in [2.05, 4.69) is 20.6 Å². The average molecular weight is 312 g/mol. The summed E-state index contributed by atoms with van der Waals surface area (Å²) in [6.07, 6.45) is 1.19. The molecule has 0 amide bonds. The van der Waals surface area contributed by atoms with Gasteiger partial charge in [0.2, 0.25) is 11.6 Å². The Balaban J connectivity index is 2.41. The van der Waals surface area contributed by atoms with E-state index in [1.165, 1.54) is 18.5 Å². The van der Waals surface area contributed by atoms with Crippen molar-refractivity contribution in [1.82, 2.24) is 9.97 Å². The highest BCUT2D eigenvalue weighted by Crippen LogP contribution is 2.31. The average Bonchev–Trinajstić information content (AvgIpc) is 2.43. The van der Waals surface area contributed by atoms with Crippen LogP contribution in [0.1, 0.15) is 6.92 Å². The van der Waals surface area contributed by atoms with Gasteiger partial charge < -0.3 is 10.6 Å². The summed E-state index contributed by atoms with van der Waals surface area (Å²) in [4.78, 5) is 18.3. The largest absolute Gasteiger partial charge is 0.364 e. The van der Waals surface area contributed by atoms with E-state index in [4.69, 9.17) is 11.6 Å². The van der Waals surface area contributed by atoms with Crippen molar-refractivity contribution in [3.05, 3.63) is 45.5 Å². The maximum atomic E-state index is 13.1. The van der Waals surface area contributed by atoms with E-state index in [9.17, 15) is 14.5 Å². The molecule has 1 aromatic heterocycles. The Morgan fingerprint density at radius 1 is 1.38 bits per heavy atom. The molecule has 0 saturated carbocycles. The fraction of sp³-hybridized carbons (Fsp3) is 0.167. The van der Waals surface area contributed by atoms with Crippen LogP contribution in [0.15, 0.2) is 24.5 Å². The standard InChI is InChI=1S/C12H11ClFN5O2/c1-2-15-11-10(19(20)21)12(17-6-16-11)18-7-3-4-9(14)8(13)5-7/h3-6H,2H2,1H3,(H2,15,16,17,18). The molecule has 0 atom stereocenters. The molecule has 0 aliphatic carbocycles. The minimum atomic E-state index is -0.592. The van der Waals surface area contributed by atoms with Crippen molar-refractivity contribution in [3.8, 4) is 0 Å². The number of hydrogen-bond acceptors (Lipinski definition) is 6. The molecule has 0 bridgehead atoms. The van der Waals surface area contributed by atoms with Crippen LogP contribution in [0, 0.1) is 15.9 Å². The molecular formula is C12H11ClFN5O2. The molecule has 1 aromatic carbocycles. The monoisotopic (exact) mass is 311 g/mol. The third-order valence-corrected chi connectivity index (χ3v) is 2.82. The summed E-state index contributed by atoms with van der Waals surface area (Å²) < 4.78 is 13.1. The molecule has 0 aliphatic rings. The van der Waals surface area contributed by atoms with Gasteiger partial charge in [-0.3, -0.25) is 10.1 Å². The van der Waals surface area contributed by atoms with Crippen LogP contribution in [-0.2, 0) is 0 Å². The van der Waals surface area contributed by atoms with Crippen LogP contribution >= 0.6 is 11.6 Å². The molecule has 9 heteroatoms. The van der Waals surface area contributed by atoms with Gasteiger partial charge in [-0.05, 0) is 25.1 Å². The lowest BCUT2D eigenvalue weighted by Crippen LogP contribution is -2.07. The molecule has 110 valence electrons. The summed E-state index contributed by atoms with van der Waals surface area (Å²) in [6.45, 7) is 2.26. The second-order valence-electron chi connectivity index (χ2n) is 3.96. The van der Waals surface area contributed by atoms with Crippen molar-refractivity contribution in [3.63, 3.8) is 0 Å². The zero-order chi connectivity index (χ0) is 15.4. The Kier molecular flexibility index (Phi) is 4.49. The van der Waals surface area contributed by atoms with Gasteiger partial charge in [-0.15, -0.1) is 0 Å². The van der Waals surface area contributed by atoms with Gasteiger partial charge in [-0.2, -0.15) is 0 Å². The Bertz CT molecular complexity index is 683. The molecule has 21 heavy (non-hydrogen) atoms. The minimum absolute atomic E-state index is 0.00590. The second kappa shape index (κ2) is 6.31. The minimum Gasteiger partial charge on any atom is -0.364 e. The van der Waals surface area contributed by atoms with Crippen molar-refractivity contribution < 1.29 is 9.31 Å². The topological polar surface area (TPSA) is 93.0 Å². The van der Waals surface area contributed by atoms with Gasteiger partial charge in [0, 0.05) is 12.2 Å². The summed E-state index contributed by atoms with van der Waals surface area (Å²) in [5, 5.41) is 16.6. The van der Waals surface area contributed by atoms with E-state index in [0.29, 0.717) is 12.2 Å². The van der Waals surface area contributed by atoms with E-state index >= 15 is 0 Å². The molecule has 0 saturated heterocycles. The zero-order valence-electron chi connectivity index (χ0n) is 10.9. The second-order valence-corrected chi connectivity index (χ2v) is 4.37. The molecule has 7 nitrogen and oxygen atoms in total. The fourth-order valence-electron chi connectivity index (χ4n) is 1.65. The van der Waals surface area contributed by atoms with E-state index in [1.54, 1.807) is 6.92 Å². The number of benzene rings is 1. The van der Waals surface area contributed by atoms with Crippen LogP contribution in [0.5, 0.6) is 0 Å². The van der Waals surface area contributed by atoms with Crippen molar-refractivity contribution in [2.45, 2.75) is 6.92 Å². The van der Waals surface area contributed by atoms with Gasteiger partial charge in [0.15, 0.2) is 0 Å². The van der Waals surface area contributed by atoms with Crippen LogP contribution in [0.4, 0.5) is 27.4 Å². The Morgan fingerprint density at radius 2 is 2.10 bits per heavy atom. The quantitative estimate of drug-likeness (QED) is 0.649. The van der Waals surface area contributed by atoms with E-state index < -0.39 is 10.7 Å². The van der Waals surface area contributed by atoms with E-state index in [-0.39, 0.29) is 22.3 Å². The molecule has 2 N–H and O–H groups in total. The van der Waals surface area contributed by atoms with Crippen LogP contribution in [0.25, 0.3) is 0 Å². The Hall–Kier alpha value is -2.48. The van der Waals surface area contributed by atoms with E-state index in [1.807, 2.05) is 0 Å². The summed E-state index contributed by atoms with van der Waals surface area (Å²) in [6, 6.07) is 3.87. The number of hydrogen-bond donors (Lipinski definition) is 2. The number of halogens is 2. The lowest BCUT2D eigenvalue weighted by Gasteiger charge is -2.09. The highest BCUT2D eigenvalue weighted by molar-refractivity contribution is 6.31. The number of nitrogens with zero attached hydrogens (tertiary/aromatic N) is 3. The molecular weight excluding hydrogens is 301 g/mol. The molecule has 0 fully saturated rings. The number of nitrogens with one attached hydrogen (secondary N) is 2. The van der Waals surface area contributed by atoms with Gasteiger partial charge in [0.25, 0.3) is 0 Å². The highest BCUT2D eigenvalue weighted by Gasteiger charge is 2.22. The summed E-state index contributed by atoms with van der Waals surface area (Å²) in [5.74, 6) is -0.477. The first kappa shape index (κ1) is 14.9. The molecule has 0 aliphatic heterocycles. The molecule has 0 spiro atoms. The van der Waals surface area contributed by atoms with E-state index in [0.717, 1.165) is 6.07 Å². The van der Waals surface area contributed by atoms with Gasteiger partial charge in [-0.1, -0.05) is 11.6 Å². The highest BCUT2D eigenvalue weighted by atomic mass is 35.5. The van der Waals surface area contributed by atoms with Crippen molar-refractivity contribution in [2.24, 2.45) is 0 Å². The zero-order valence-corrected chi connectivity index (χ0v) is 11.7. The molecule has 2 aromatic rings. The van der Waals surface area contributed by atoms with Gasteiger partial charge in [0.05, 0.1) is 9.95 Å². The van der Waals surface area contributed by atoms with Crippen LogP contribution in [-0.4, -0.2) is 21.4 Å². The number of rotatable bonds is 5. The summed E-state index contributed by atoms with van der Waals surface area (Å²) >= 11 is 5.67. The maximum Gasteiger partial charge on any atom is 0.353 e. The van der Waals surface area contributed by atoms with Crippen molar-refractivity contribution >= 4 is 34.6 Å². The lowest BCUT2D eigenvalue weighted by atomic mass is 10.3. The molecule has 2 rings (SSSR count). The normalized spacial score (nSPS) is 10.2. The third-order valence-electron chi connectivity index (χ3n) is 2.53.